The summed E-state index contributed by atoms with van der Waals surface area (Å²) in [5.41, 5.74) is 1.74. The van der Waals surface area contributed by atoms with Crippen molar-refractivity contribution in [2.45, 2.75) is 26.1 Å². The number of fused-ring (bicyclic) bond motifs is 1. The summed E-state index contributed by atoms with van der Waals surface area (Å²) >= 11 is 0. The van der Waals surface area contributed by atoms with Crippen LogP contribution in [0.2, 0.25) is 0 Å². The number of ether oxygens (including phenoxy) is 4. The van der Waals surface area contributed by atoms with Crippen molar-refractivity contribution in [1.82, 2.24) is 10.2 Å². The Morgan fingerprint density at radius 2 is 1.66 bits per heavy atom. The topological polar surface area (TPSA) is 86.3 Å². The predicted octanol–water partition coefficient (Wildman–Crippen LogP) is 3.54. The Bertz CT molecular complexity index is 1150. The zero-order valence-electron chi connectivity index (χ0n) is 19.7. The summed E-state index contributed by atoms with van der Waals surface area (Å²) in [5.74, 6) is 2.07. The Morgan fingerprint density at radius 3 is 2.40 bits per heavy atom. The van der Waals surface area contributed by atoms with Crippen LogP contribution in [0.5, 0.6) is 23.0 Å². The minimum absolute atomic E-state index is 0.181. The van der Waals surface area contributed by atoms with Gasteiger partial charge in [-0.15, -0.1) is 0 Å². The normalized spacial score (nSPS) is 12.5. The number of hydrogen-bond acceptors (Lipinski definition) is 6. The van der Waals surface area contributed by atoms with Gasteiger partial charge in [-0.25, -0.2) is 0 Å². The molecule has 182 valence electrons. The van der Waals surface area contributed by atoms with E-state index < -0.39 is 6.04 Å². The number of carbonyl (C=O) groups excluding carboxylic acids is 2. The number of rotatable bonds is 10. The molecule has 4 rings (SSSR count). The summed E-state index contributed by atoms with van der Waals surface area (Å²) < 4.78 is 21.6. The molecule has 0 saturated carbocycles. The number of para-hydroxylation sites is 1. The Balaban J connectivity index is 1.43. The first-order valence-corrected chi connectivity index (χ1v) is 11.3. The summed E-state index contributed by atoms with van der Waals surface area (Å²) in [6.07, 6.45) is 0. The van der Waals surface area contributed by atoms with Gasteiger partial charge in [0.05, 0.1) is 7.11 Å². The fourth-order valence-electron chi connectivity index (χ4n) is 3.64. The van der Waals surface area contributed by atoms with Gasteiger partial charge in [0.1, 0.15) is 17.5 Å². The van der Waals surface area contributed by atoms with Crippen molar-refractivity contribution in [2.75, 3.05) is 20.5 Å². The van der Waals surface area contributed by atoms with Gasteiger partial charge in [-0.2, -0.15) is 0 Å². The maximum Gasteiger partial charge on any atom is 0.261 e. The molecule has 1 aliphatic rings. The maximum absolute atomic E-state index is 13.2. The van der Waals surface area contributed by atoms with Crippen molar-refractivity contribution >= 4 is 11.8 Å². The molecule has 0 aliphatic carbocycles. The Morgan fingerprint density at radius 1 is 0.943 bits per heavy atom. The molecule has 3 aromatic carbocycles. The molecule has 0 saturated heterocycles. The van der Waals surface area contributed by atoms with E-state index in [1.54, 1.807) is 26.2 Å². The average molecular weight is 477 g/mol. The monoisotopic (exact) mass is 476 g/mol. The molecule has 35 heavy (non-hydrogen) atoms. The molecule has 0 fully saturated rings. The van der Waals surface area contributed by atoms with E-state index in [2.05, 4.69) is 5.32 Å². The van der Waals surface area contributed by atoms with Gasteiger partial charge >= 0.3 is 0 Å². The van der Waals surface area contributed by atoms with Crippen LogP contribution in [-0.4, -0.2) is 43.3 Å². The van der Waals surface area contributed by atoms with Gasteiger partial charge in [-0.1, -0.05) is 36.4 Å². The molecule has 0 bridgehead atoms. The van der Waals surface area contributed by atoms with E-state index >= 15 is 0 Å². The summed E-state index contributed by atoms with van der Waals surface area (Å²) in [6.45, 7) is 2.26. The third-order valence-corrected chi connectivity index (χ3v) is 5.69. The first-order chi connectivity index (χ1) is 17.0. The van der Waals surface area contributed by atoms with Crippen molar-refractivity contribution < 1.29 is 28.5 Å². The quantitative estimate of drug-likeness (QED) is 0.482. The van der Waals surface area contributed by atoms with Crippen molar-refractivity contribution in [1.29, 1.82) is 0 Å². The summed E-state index contributed by atoms with van der Waals surface area (Å²) in [5, 5.41) is 2.91. The van der Waals surface area contributed by atoms with Crippen LogP contribution >= 0.6 is 0 Å². The van der Waals surface area contributed by atoms with Crippen LogP contribution in [0.15, 0.2) is 72.8 Å². The molecule has 1 heterocycles. The van der Waals surface area contributed by atoms with Crippen LogP contribution in [0, 0.1) is 0 Å². The zero-order chi connectivity index (χ0) is 24.6. The second-order valence-electron chi connectivity index (χ2n) is 8.05. The molecule has 0 spiro atoms. The maximum atomic E-state index is 13.2. The Kier molecular flexibility index (Phi) is 7.72. The molecule has 8 heteroatoms. The molecule has 0 unspecified atom stereocenters. The number of carbonyl (C=O) groups is 2. The van der Waals surface area contributed by atoms with Crippen molar-refractivity contribution in [3.8, 4) is 23.0 Å². The molecule has 1 N–H and O–H groups in total. The van der Waals surface area contributed by atoms with E-state index in [0.29, 0.717) is 29.5 Å². The number of nitrogens with zero attached hydrogens (tertiary/aromatic N) is 1. The molecule has 0 aromatic heterocycles. The highest BCUT2D eigenvalue weighted by molar-refractivity contribution is 5.88. The molecule has 2 amide bonds. The Labute approximate surface area is 204 Å². The first-order valence-electron chi connectivity index (χ1n) is 11.3. The van der Waals surface area contributed by atoms with Crippen LogP contribution in [0.4, 0.5) is 0 Å². The van der Waals surface area contributed by atoms with Crippen molar-refractivity contribution in [3.63, 3.8) is 0 Å². The van der Waals surface area contributed by atoms with Crippen LogP contribution in [0.1, 0.15) is 18.1 Å². The summed E-state index contributed by atoms with van der Waals surface area (Å²) in [4.78, 5) is 27.7. The molecule has 1 atom stereocenters. The van der Waals surface area contributed by atoms with E-state index in [1.807, 2.05) is 60.7 Å². The zero-order valence-corrected chi connectivity index (χ0v) is 19.7. The lowest BCUT2D eigenvalue weighted by atomic mass is 10.1. The van der Waals surface area contributed by atoms with Gasteiger partial charge in [0.15, 0.2) is 18.1 Å². The predicted molar refractivity (Wildman–Crippen MR) is 129 cm³/mol. The van der Waals surface area contributed by atoms with Crippen molar-refractivity contribution in [3.05, 3.63) is 83.9 Å². The Hall–Kier alpha value is -4.20. The van der Waals surface area contributed by atoms with Gasteiger partial charge in [0.2, 0.25) is 12.7 Å². The van der Waals surface area contributed by atoms with Crippen LogP contribution in [0.3, 0.4) is 0 Å². The second kappa shape index (κ2) is 11.3. The highest BCUT2D eigenvalue weighted by atomic mass is 16.7. The van der Waals surface area contributed by atoms with Crippen molar-refractivity contribution in [2.24, 2.45) is 0 Å². The van der Waals surface area contributed by atoms with E-state index in [-0.39, 0.29) is 31.8 Å². The largest absolute Gasteiger partial charge is 0.497 e. The number of hydrogen-bond donors (Lipinski definition) is 1. The van der Waals surface area contributed by atoms with E-state index in [9.17, 15) is 9.59 Å². The number of benzene rings is 3. The highest BCUT2D eigenvalue weighted by Crippen LogP contribution is 2.32. The van der Waals surface area contributed by atoms with E-state index in [4.69, 9.17) is 18.9 Å². The van der Waals surface area contributed by atoms with Gasteiger partial charge in [-0.3, -0.25) is 9.59 Å². The van der Waals surface area contributed by atoms with Gasteiger partial charge in [0.25, 0.3) is 5.91 Å². The number of methoxy groups -OCH3 is 1. The van der Waals surface area contributed by atoms with Gasteiger partial charge in [0, 0.05) is 13.1 Å². The molecular formula is C27H28N2O6. The minimum atomic E-state index is -0.724. The lowest BCUT2D eigenvalue weighted by molar-refractivity contribution is -0.142. The summed E-state index contributed by atoms with van der Waals surface area (Å²) in [7, 11) is 1.60. The molecular weight excluding hydrogens is 448 g/mol. The first kappa shape index (κ1) is 23.9. The van der Waals surface area contributed by atoms with Gasteiger partial charge < -0.3 is 29.2 Å². The molecule has 1 aliphatic heterocycles. The summed E-state index contributed by atoms with van der Waals surface area (Å²) in [6, 6.07) is 21.3. The van der Waals surface area contributed by atoms with Crippen LogP contribution in [0.25, 0.3) is 0 Å². The van der Waals surface area contributed by atoms with E-state index in [1.165, 1.54) is 4.90 Å². The lowest BCUT2D eigenvalue weighted by Gasteiger charge is -2.29. The highest BCUT2D eigenvalue weighted by Gasteiger charge is 2.26. The number of amides is 2. The second-order valence-corrected chi connectivity index (χ2v) is 8.05. The fraction of sp³-hybridized carbons (Fsp3) is 0.259. The van der Waals surface area contributed by atoms with Crippen LogP contribution in [-0.2, 0) is 22.7 Å². The third kappa shape index (κ3) is 6.23. The molecule has 3 aromatic rings. The standard InChI is InChI=1S/C27H28N2O6/c1-19(27(31)28-15-21-10-13-24-25(14-21)35-18-34-24)29(16-20-8-11-22(32-2)12-9-20)26(30)17-33-23-6-4-3-5-7-23/h3-14,19H,15-18H2,1-2H3,(H,28,31)/t19-/m1/s1. The molecule has 8 nitrogen and oxygen atoms in total. The molecule has 0 radical (unpaired) electrons. The SMILES string of the molecule is COc1ccc(CN(C(=O)COc2ccccc2)[C@H](C)C(=O)NCc2ccc3c(c2)OCO3)cc1. The van der Waals surface area contributed by atoms with E-state index in [0.717, 1.165) is 11.1 Å². The third-order valence-electron chi connectivity index (χ3n) is 5.69. The average Bonchev–Trinajstić information content (AvgIpc) is 3.37. The van der Waals surface area contributed by atoms with Gasteiger partial charge in [-0.05, 0) is 54.4 Å². The smallest absolute Gasteiger partial charge is 0.261 e. The lowest BCUT2D eigenvalue weighted by Crippen LogP contribution is -2.48. The number of nitrogens with one attached hydrogen (secondary N) is 1. The fourth-order valence-corrected chi connectivity index (χ4v) is 3.64. The minimum Gasteiger partial charge on any atom is -0.497 e. The van der Waals surface area contributed by atoms with Crippen LogP contribution < -0.4 is 24.3 Å².